The maximum atomic E-state index is 13.5. The topological polar surface area (TPSA) is 84.9 Å². The highest BCUT2D eigenvalue weighted by Crippen LogP contribution is 2.26. The first-order valence-electron chi connectivity index (χ1n) is 11.3. The summed E-state index contributed by atoms with van der Waals surface area (Å²) in [6, 6.07) is 13.0. The zero-order valence-electron chi connectivity index (χ0n) is 20.0. The SMILES string of the molecule is CCOC(=O)C(Cc1ccc(Cl)cc1)NC(=O)C1Cc2ccccc2CN1C(=O)OC(C)(C)C. The normalized spacial score (nSPS) is 16.3. The van der Waals surface area contributed by atoms with Gasteiger partial charge in [-0.1, -0.05) is 48.0 Å². The summed E-state index contributed by atoms with van der Waals surface area (Å²) in [4.78, 5) is 40.6. The van der Waals surface area contributed by atoms with Gasteiger partial charge in [0.25, 0.3) is 0 Å². The maximum absolute atomic E-state index is 13.5. The van der Waals surface area contributed by atoms with E-state index >= 15 is 0 Å². The van der Waals surface area contributed by atoms with Crippen LogP contribution in [0.2, 0.25) is 5.02 Å². The van der Waals surface area contributed by atoms with Crippen molar-refractivity contribution in [2.45, 2.75) is 64.8 Å². The van der Waals surface area contributed by atoms with Gasteiger partial charge >= 0.3 is 12.1 Å². The van der Waals surface area contributed by atoms with E-state index in [4.69, 9.17) is 21.1 Å². The Hall–Kier alpha value is -3.06. The molecule has 1 aliphatic heterocycles. The van der Waals surface area contributed by atoms with Gasteiger partial charge in [-0.3, -0.25) is 9.69 Å². The van der Waals surface area contributed by atoms with Gasteiger partial charge < -0.3 is 14.8 Å². The molecule has 0 saturated carbocycles. The van der Waals surface area contributed by atoms with Gasteiger partial charge in [0.05, 0.1) is 13.2 Å². The van der Waals surface area contributed by atoms with Gasteiger partial charge in [-0.2, -0.15) is 0 Å². The van der Waals surface area contributed by atoms with Crippen molar-refractivity contribution in [1.82, 2.24) is 10.2 Å². The number of hydrogen-bond acceptors (Lipinski definition) is 5. The summed E-state index contributed by atoms with van der Waals surface area (Å²) in [6.45, 7) is 7.47. The Labute approximate surface area is 205 Å². The van der Waals surface area contributed by atoms with Crippen LogP contribution >= 0.6 is 11.6 Å². The molecule has 2 aromatic carbocycles. The molecule has 0 bridgehead atoms. The smallest absolute Gasteiger partial charge is 0.411 e. The first-order valence-corrected chi connectivity index (χ1v) is 11.7. The van der Waals surface area contributed by atoms with E-state index in [1.165, 1.54) is 4.90 Å². The number of ether oxygens (including phenoxy) is 2. The maximum Gasteiger partial charge on any atom is 0.411 e. The summed E-state index contributed by atoms with van der Waals surface area (Å²) >= 11 is 5.97. The zero-order chi connectivity index (χ0) is 24.9. The van der Waals surface area contributed by atoms with Crippen LogP contribution in [0, 0.1) is 0 Å². The van der Waals surface area contributed by atoms with Crippen molar-refractivity contribution >= 4 is 29.6 Å². The number of fused-ring (bicyclic) bond motifs is 1. The minimum absolute atomic E-state index is 0.187. The second kappa shape index (κ2) is 10.9. The van der Waals surface area contributed by atoms with E-state index in [2.05, 4.69) is 5.32 Å². The van der Waals surface area contributed by atoms with Gasteiger partial charge in [0.2, 0.25) is 5.91 Å². The zero-order valence-corrected chi connectivity index (χ0v) is 20.7. The second-order valence-corrected chi connectivity index (χ2v) is 9.68. The number of esters is 1. The fourth-order valence-electron chi connectivity index (χ4n) is 3.83. The van der Waals surface area contributed by atoms with Crippen LogP contribution in [0.5, 0.6) is 0 Å². The molecule has 8 heteroatoms. The number of halogens is 1. The van der Waals surface area contributed by atoms with Crippen molar-refractivity contribution in [1.29, 1.82) is 0 Å². The number of hydrogen-bond donors (Lipinski definition) is 1. The van der Waals surface area contributed by atoms with Crippen molar-refractivity contribution < 1.29 is 23.9 Å². The average molecular weight is 487 g/mol. The Morgan fingerprint density at radius 2 is 1.74 bits per heavy atom. The van der Waals surface area contributed by atoms with E-state index in [9.17, 15) is 14.4 Å². The highest BCUT2D eigenvalue weighted by Gasteiger charge is 2.38. The third-order valence-electron chi connectivity index (χ3n) is 5.42. The molecular formula is C26H31ClN2O5. The molecule has 0 spiro atoms. The molecule has 0 aromatic heterocycles. The molecule has 0 aliphatic carbocycles. The number of nitrogens with zero attached hydrogens (tertiary/aromatic N) is 1. The summed E-state index contributed by atoms with van der Waals surface area (Å²) in [5.74, 6) is -0.974. The largest absolute Gasteiger partial charge is 0.464 e. The fraction of sp³-hybridized carbons (Fsp3) is 0.423. The number of benzene rings is 2. The molecule has 2 unspecified atom stereocenters. The Morgan fingerprint density at radius 1 is 1.09 bits per heavy atom. The van der Waals surface area contributed by atoms with Gasteiger partial charge in [0.15, 0.2) is 0 Å². The number of carbonyl (C=O) groups is 3. The van der Waals surface area contributed by atoms with Gasteiger partial charge in [-0.15, -0.1) is 0 Å². The van der Waals surface area contributed by atoms with Gasteiger partial charge in [0, 0.05) is 17.9 Å². The number of carbonyl (C=O) groups excluding carboxylic acids is 3. The molecule has 2 amide bonds. The van der Waals surface area contributed by atoms with Crippen LogP contribution in [-0.4, -0.2) is 47.2 Å². The second-order valence-electron chi connectivity index (χ2n) is 9.24. The molecule has 0 fully saturated rings. The van der Waals surface area contributed by atoms with Crippen LogP contribution in [0.1, 0.15) is 44.4 Å². The van der Waals surface area contributed by atoms with Gasteiger partial charge in [-0.25, -0.2) is 9.59 Å². The fourth-order valence-corrected chi connectivity index (χ4v) is 3.96. The molecule has 1 N–H and O–H groups in total. The molecule has 2 atom stereocenters. The van der Waals surface area contributed by atoms with E-state index in [0.29, 0.717) is 11.4 Å². The molecular weight excluding hydrogens is 456 g/mol. The molecule has 1 heterocycles. The monoisotopic (exact) mass is 486 g/mol. The summed E-state index contributed by atoms with van der Waals surface area (Å²) in [5.41, 5.74) is 2.05. The third-order valence-corrected chi connectivity index (χ3v) is 5.67. The Morgan fingerprint density at radius 3 is 2.35 bits per heavy atom. The average Bonchev–Trinajstić information content (AvgIpc) is 2.78. The van der Waals surface area contributed by atoms with Gasteiger partial charge in [-0.05, 0) is 56.5 Å². The van der Waals surface area contributed by atoms with Crippen molar-refractivity contribution in [3.8, 4) is 0 Å². The first-order chi connectivity index (χ1) is 16.1. The van der Waals surface area contributed by atoms with Gasteiger partial charge in [0.1, 0.15) is 17.7 Å². The lowest BCUT2D eigenvalue weighted by atomic mass is 9.93. The summed E-state index contributed by atoms with van der Waals surface area (Å²) < 4.78 is 10.8. The van der Waals surface area contributed by atoms with Crippen LogP contribution in [0.4, 0.5) is 4.79 Å². The number of amides is 2. The lowest BCUT2D eigenvalue weighted by molar-refractivity contribution is -0.148. The summed E-state index contributed by atoms with van der Waals surface area (Å²) in [5, 5.41) is 3.40. The summed E-state index contributed by atoms with van der Waals surface area (Å²) in [6.07, 6.45) is -0.0255. The minimum Gasteiger partial charge on any atom is -0.464 e. The Kier molecular flexibility index (Phi) is 8.20. The lowest BCUT2D eigenvalue weighted by Gasteiger charge is -2.37. The van der Waals surface area contributed by atoms with Crippen LogP contribution in [0.3, 0.4) is 0 Å². The van der Waals surface area contributed by atoms with Crippen molar-refractivity contribution in [3.05, 3.63) is 70.2 Å². The predicted molar refractivity (Wildman–Crippen MR) is 129 cm³/mol. The van der Waals surface area contributed by atoms with Crippen LogP contribution in [0.25, 0.3) is 0 Å². The first kappa shape index (κ1) is 25.6. The number of nitrogens with one attached hydrogen (secondary N) is 1. The molecule has 0 saturated heterocycles. The third kappa shape index (κ3) is 6.73. The van der Waals surface area contributed by atoms with Crippen LogP contribution in [-0.2, 0) is 38.4 Å². The molecule has 3 rings (SSSR count). The van der Waals surface area contributed by atoms with Crippen molar-refractivity contribution in [3.63, 3.8) is 0 Å². The minimum atomic E-state index is -0.911. The van der Waals surface area contributed by atoms with Crippen LogP contribution < -0.4 is 5.32 Å². The molecule has 0 radical (unpaired) electrons. The van der Waals surface area contributed by atoms with E-state index in [0.717, 1.165) is 16.7 Å². The van der Waals surface area contributed by atoms with E-state index < -0.39 is 35.7 Å². The molecule has 7 nitrogen and oxygen atoms in total. The highest BCUT2D eigenvalue weighted by atomic mass is 35.5. The summed E-state index contributed by atoms with van der Waals surface area (Å²) in [7, 11) is 0. The lowest BCUT2D eigenvalue weighted by Crippen LogP contribution is -2.56. The van der Waals surface area contributed by atoms with Crippen molar-refractivity contribution in [2.75, 3.05) is 6.61 Å². The molecule has 34 heavy (non-hydrogen) atoms. The van der Waals surface area contributed by atoms with Crippen LogP contribution in [0.15, 0.2) is 48.5 Å². The Bertz CT molecular complexity index is 1030. The van der Waals surface area contributed by atoms with E-state index in [-0.39, 0.29) is 19.6 Å². The number of rotatable bonds is 6. The van der Waals surface area contributed by atoms with E-state index in [1.807, 2.05) is 24.3 Å². The van der Waals surface area contributed by atoms with E-state index in [1.54, 1.807) is 52.0 Å². The molecule has 2 aromatic rings. The highest BCUT2D eigenvalue weighted by molar-refractivity contribution is 6.30. The molecule has 182 valence electrons. The quantitative estimate of drug-likeness (QED) is 0.615. The molecule has 1 aliphatic rings. The van der Waals surface area contributed by atoms with Crippen molar-refractivity contribution in [2.24, 2.45) is 0 Å². The predicted octanol–water partition coefficient (Wildman–Crippen LogP) is 4.29. The Balaban J connectivity index is 1.85. The standard InChI is InChI=1S/C26H31ClN2O5/c1-5-33-24(31)21(14-17-10-12-20(27)13-11-17)28-23(30)22-15-18-8-6-7-9-19(18)16-29(22)25(32)34-26(2,3)4/h6-13,21-22H,5,14-16H2,1-4H3,(H,28,30).